The zero-order valence-corrected chi connectivity index (χ0v) is 22.9. The number of hydrogen-bond acceptors (Lipinski definition) is 4. The highest BCUT2D eigenvalue weighted by Gasteiger charge is 2.44. The summed E-state index contributed by atoms with van der Waals surface area (Å²) in [7, 11) is 2.57. The van der Waals surface area contributed by atoms with Gasteiger partial charge in [-0.15, -0.1) is 0 Å². The Hall–Kier alpha value is -2.88. The molecule has 4 N–H and O–H groups in total. The van der Waals surface area contributed by atoms with Gasteiger partial charge in [-0.2, -0.15) is 13.2 Å². The van der Waals surface area contributed by atoms with Gasteiger partial charge in [-0.3, -0.25) is 5.01 Å². The summed E-state index contributed by atoms with van der Waals surface area (Å²) in [5, 5.41) is 11.1. The van der Waals surface area contributed by atoms with Gasteiger partial charge in [0.1, 0.15) is 11.7 Å². The third-order valence-electron chi connectivity index (χ3n) is 5.24. The molecule has 37 heavy (non-hydrogen) atoms. The molecule has 1 atom stereocenters. The number of allylic oxidation sites excluding steroid dienone is 6. The summed E-state index contributed by atoms with van der Waals surface area (Å²) in [6.45, 7) is 3.64. The lowest BCUT2D eigenvalue weighted by Gasteiger charge is -2.26. The van der Waals surface area contributed by atoms with Crippen molar-refractivity contribution < 1.29 is 22.7 Å². The SMILES string of the molecule is C/C=C(/C=C\C(=CCCC)C(/C(=C/NC)c1ccc(Br)cc1)C(F)(F)F)N(N)c1ccc(F)cc1.CO. The van der Waals surface area contributed by atoms with E-state index >= 15 is 0 Å². The van der Waals surface area contributed by atoms with Crippen molar-refractivity contribution in [1.82, 2.24) is 5.32 Å². The molecule has 1 unspecified atom stereocenters. The largest absolute Gasteiger partial charge is 0.400 e. The topological polar surface area (TPSA) is 61.5 Å². The summed E-state index contributed by atoms with van der Waals surface area (Å²) < 4.78 is 57.8. The summed E-state index contributed by atoms with van der Waals surface area (Å²) in [6.07, 6.45) is 4.31. The molecule has 0 aliphatic heterocycles. The van der Waals surface area contributed by atoms with Gasteiger partial charge in [0.15, 0.2) is 0 Å². The Morgan fingerprint density at radius 3 is 2.16 bits per heavy atom. The van der Waals surface area contributed by atoms with Crippen LogP contribution in [0.15, 0.2) is 94.8 Å². The van der Waals surface area contributed by atoms with Gasteiger partial charge in [0.25, 0.3) is 0 Å². The van der Waals surface area contributed by atoms with Crippen molar-refractivity contribution >= 4 is 27.2 Å². The Labute approximate surface area is 225 Å². The summed E-state index contributed by atoms with van der Waals surface area (Å²) in [4.78, 5) is 0. The first-order chi connectivity index (χ1) is 17.6. The predicted octanol–water partition coefficient (Wildman–Crippen LogP) is 7.50. The molecule has 0 aromatic heterocycles. The second-order valence-corrected chi connectivity index (χ2v) is 8.67. The number of nitrogens with one attached hydrogen (secondary N) is 1. The smallest absolute Gasteiger partial charge is 0.399 e. The van der Waals surface area contributed by atoms with E-state index in [0.29, 0.717) is 29.8 Å². The van der Waals surface area contributed by atoms with Crippen LogP contribution < -0.4 is 16.2 Å². The van der Waals surface area contributed by atoms with E-state index in [4.69, 9.17) is 10.9 Å². The van der Waals surface area contributed by atoms with E-state index < -0.39 is 17.9 Å². The van der Waals surface area contributed by atoms with Crippen LogP contribution in [0.3, 0.4) is 0 Å². The third-order valence-corrected chi connectivity index (χ3v) is 5.77. The Kier molecular flexibility index (Phi) is 14.0. The number of unbranched alkanes of at least 4 members (excludes halogenated alkanes) is 1. The number of rotatable bonds is 10. The first-order valence-corrected chi connectivity index (χ1v) is 12.4. The van der Waals surface area contributed by atoms with E-state index in [0.717, 1.165) is 11.6 Å². The third kappa shape index (κ3) is 9.83. The highest BCUT2D eigenvalue weighted by molar-refractivity contribution is 9.10. The molecule has 0 saturated heterocycles. The van der Waals surface area contributed by atoms with Crippen molar-refractivity contribution in [2.24, 2.45) is 11.8 Å². The summed E-state index contributed by atoms with van der Waals surface area (Å²) in [5.74, 6) is 3.91. The number of anilines is 1. The molecule has 2 aromatic rings. The fourth-order valence-corrected chi connectivity index (χ4v) is 3.78. The van der Waals surface area contributed by atoms with Gasteiger partial charge < -0.3 is 10.4 Å². The molecular formula is C28H34BrF4N3O. The molecule has 2 aromatic carbocycles. The Bertz CT molecular complexity index is 1080. The van der Waals surface area contributed by atoms with Crippen LogP contribution >= 0.6 is 15.9 Å². The highest BCUT2D eigenvalue weighted by atomic mass is 79.9. The maximum Gasteiger partial charge on any atom is 0.399 e. The number of benzene rings is 2. The molecule has 202 valence electrons. The number of halogens is 5. The standard InChI is InChI=1S/C27H30BrF4N3.CH4O/c1-4-6-7-20(10-15-23(5-2)35(33)24-16-13-22(29)14-17-24)26(27(30,31)32)25(18-34-3)19-8-11-21(28)12-9-19;1-2/h5,7-18,26,34H,4,6,33H2,1-3H3;2H,1H3/b15-10-,20-7?,23-5-,25-18+;. The molecule has 0 aliphatic rings. The summed E-state index contributed by atoms with van der Waals surface area (Å²) >= 11 is 3.34. The normalized spacial score (nSPS) is 13.8. The fourth-order valence-electron chi connectivity index (χ4n) is 3.52. The molecule has 0 saturated carbocycles. The van der Waals surface area contributed by atoms with Crippen LogP contribution in [0.25, 0.3) is 5.57 Å². The fraction of sp³-hybridized carbons (Fsp3) is 0.286. The molecule has 4 nitrogen and oxygen atoms in total. The Morgan fingerprint density at radius 2 is 1.68 bits per heavy atom. The predicted molar refractivity (Wildman–Crippen MR) is 148 cm³/mol. The highest BCUT2D eigenvalue weighted by Crippen LogP contribution is 2.42. The van der Waals surface area contributed by atoms with E-state index in [1.54, 1.807) is 56.5 Å². The molecule has 0 bridgehead atoms. The minimum atomic E-state index is -4.55. The molecular weight excluding hydrogens is 550 g/mol. The average molecular weight is 584 g/mol. The number of aliphatic hydroxyl groups excluding tert-OH is 1. The van der Waals surface area contributed by atoms with E-state index in [1.807, 2.05) is 6.92 Å². The Morgan fingerprint density at radius 1 is 1.08 bits per heavy atom. The van der Waals surface area contributed by atoms with Crippen LogP contribution in [0.5, 0.6) is 0 Å². The number of hydrogen-bond donors (Lipinski definition) is 3. The second kappa shape index (κ2) is 16.1. The maximum atomic E-state index is 14.6. The molecule has 0 fully saturated rings. The van der Waals surface area contributed by atoms with Crippen LogP contribution in [-0.4, -0.2) is 25.4 Å². The monoisotopic (exact) mass is 583 g/mol. The number of nitrogens with zero attached hydrogens (tertiary/aromatic N) is 1. The molecule has 9 heteroatoms. The van der Waals surface area contributed by atoms with Crippen molar-refractivity contribution in [1.29, 1.82) is 0 Å². The number of nitrogens with two attached hydrogens (primary N) is 1. The van der Waals surface area contributed by atoms with Crippen molar-refractivity contribution in [3.05, 3.63) is 106 Å². The minimum Gasteiger partial charge on any atom is -0.400 e. The van der Waals surface area contributed by atoms with Crippen LogP contribution in [-0.2, 0) is 0 Å². The van der Waals surface area contributed by atoms with Crippen LogP contribution in [0.1, 0.15) is 32.3 Å². The number of alkyl halides is 3. The van der Waals surface area contributed by atoms with Gasteiger partial charge >= 0.3 is 6.18 Å². The van der Waals surface area contributed by atoms with Gasteiger partial charge in [-0.05, 0) is 72.5 Å². The minimum absolute atomic E-state index is 0.102. The lowest BCUT2D eigenvalue weighted by Crippen LogP contribution is -2.29. The van der Waals surface area contributed by atoms with E-state index in [9.17, 15) is 17.6 Å². The maximum absolute atomic E-state index is 14.6. The lowest BCUT2D eigenvalue weighted by molar-refractivity contribution is -0.148. The molecule has 0 aliphatic carbocycles. The van der Waals surface area contributed by atoms with Crippen molar-refractivity contribution in [3.8, 4) is 0 Å². The second-order valence-electron chi connectivity index (χ2n) is 7.76. The molecule has 0 spiro atoms. The number of aliphatic hydroxyl groups is 1. The van der Waals surface area contributed by atoms with E-state index in [1.165, 1.54) is 41.6 Å². The van der Waals surface area contributed by atoms with Gasteiger partial charge in [-0.1, -0.05) is 59.6 Å². The van der Waals surface area contributed by atoms with Crippen molar-refractivity contribution in [2.45, 2.75) is 32.9 Å². The van der Waals surface area contributed by atoms with Crippen LogP contribution in [0, 0.1) is 11.7 Å². The zero-order chi connectivity index (χ0) is 28.0. The lowest BCUT2D eigenvalue weighted by atomic mass is 9.85. The molecule has 0 amide bonds. The van der Waals surface area contributed by atoms with Gasteiger partial charge in [0, 0.05) is 24.8 Å². The van der Waals surface area contributed by atoms with Gasteiger partial charge in [0.2, 0.25) is 0 Å². The van der Waals surface area contributed by atoms with Crippen LogP contribution in [0.4, 0.5) is 23.2 Å². The molecule has 2 rings (SSSR count). The first kappa shape index (κ1) is 32.1. The van der Waals surface area contributed by atoms with Gasteiger partial charge in [-0.25, -0.2) is 10.2 Å². The quantitative estimate of drug-likeness (QED) is 0.117. The zero-order valence-electron chi connectivity index (χ0n) is 21.4. The van der Waals surface area contributed by atoms with E-state index in [2.05, 4.69) is 21.2 Å². The molecule has 0 radical (unpaired) electrons. The number of hydrazine groups is 1. The summed E-state index contributed by atoms with van der Waals surface area (Å²) in [5.41, 5.74) is 1.63. The van der Waals surface area contributed by atoms with Crippen LogP contribution in [0.2, 0.25) is 0 Å². The first-order valence-electron chi connectivity index (χ1n) is 11.6. The molecule has 0 heterocycles. The average Bonchev–Trinajstić information content (AvgIpc) is 2.88. The van der Waals surface area contributed by atoms with Crippen molar-refractivity contribution in [3.63, 3.8) is 0 Å². The van der Waals surface area contributed by atoms with Gasteiger partial charge in [0.05, 0.1) is 11.4 Å². The van der Waals surface area contributed by atoms with Crippen molar-refractivity contribution in [2.75, 3.05) is 19.2 Å². The Balaban J connectivity index is 0.00000334. The van der Waals surface area contributed by atoms with E-state index in [-0.39, 0.29) is 11.1 Å². The summed E-state index contributed by atoms with van der Waals surface area (Å²) in [6, 6.07) is 12.3.